The van der Waals surface area contributed by atoms with Crippen LogP contribution in [0.1, 0.15) is 17.3 Å². The van der Waals surface area contributed by atoms with E-state index in [1.165, 1.54) is 0 Å². The van der Waals surface area contributed by atoms with E-state index < -0.39 is 11.9 Å². The maximum absolute atomic E-state index is 12.7. The predicted molar refractivity (Wildman–Crippen MR) is 73.2 cm³/mol. The van der Waals surface area contributed by atoms with Crippen LogP contribution < -0.4 is 10.6 Å². The van der Waals surface area contributed by atoms with E-state index in [9.17, 15) is 13.2 Å². The van der Waals surface area contributed by atoms with Crippen molar-refractivity contribution in [2.24, 2.45) is 12.8 Å². The molecule has 0 saturated carbocycles. The minimum atomic E-state index is -4.49. The van der Waals surface area contributed by atoms with Gasteiger partial charge in [0.05, 0.1) is 12.0 Å². The number of alkyl halides is 3. The Morgan fingerprint density at radius 2 is 2.05 bits per heavy atom. The molecule has 0 aromatic carbocycles. The number of aryl methyl sites for hydroxylation is 1. The molecule has 0 unspecified atom stereocenters. The number of halogens is 3. The topological polar surface area (TPSA) is 72.9 Å². The first kappa shape index (κ1) is 14.8. The highest BCUT2D eigenvalue weighted by Crippen LogP contribution is 2.31. The second kappa shape index (κ2) is 5.24. The molecule has 3 rings (SSSR count). The van der Waals surface area contributed by atoms with Crippen molar-refractivity contribution in [1.29, 1.82) is 0 Å². The number of nitrogens with two attached hydrogens (primary N) is 1. The lowest BCUT2D eigenvalue weighted by molar-refractivity contribution is -0.141. The molecule has 9 heteroatoms. The molecule has 118 valence electrons. The maximum Gasteiger partial charge on any atom is 0.433 e. The molecule has 3 heterocycles. The summed E-state index contributed by atoms with van der Waals surface area (Å²) in [5, 5.41) is 0. The highest BCUT2D eigenvalue weighted by Gasteiger charge is 2.36. The van der Waals surface area contributed by atoms with Crippen molar-refractivity contribution < 1.29 is 13.2 Å². The van der Waals surface area contributed by atoms with Crippen LogP contribution in [-0.4, -0.2) is 38.7 Å². The summed E-state index contributed by atoms with van der Waals surface area (Å²) in [6.45, 7) is 0.835. The average molecular weight is 312 g/mol. The lowest BCUT2D eigenvalue weighted by Gasteiger charge is -2.16. The van der Waals surface area contributed by atoms with Gasteiger partial charge in [-0.05, 0) is 6.07 Å². The Morgan fingerprint density at radius 1 is 1.27 bits per heavy atom. The molecule has 0 radical (unpaired) electrons. The van der Waals surface area contributed by atoms with Crippen molar-refractivity contribution in [3.05, 3.63) is 36.2 Å². The Balaban J connectivity index is 1.82. The molecule has 0 aliphatic carbocycles. The Hall–Kier alpha value is -2.16. The number of nitrogens with zero attached hydrogens (tertiary/aromatic N) is 5. The zero-order valence-electron chi connectivity index (χ0n) is 11.8. The van der Waals surface area contributed by atoms with Crippen LogP contribution in [0.4, 0.5) is 19.1 Å². The van der Waals surface area contributed by atoms with E-state index in [0.29, 0.717) is 13.1 Å². The first-order valence-electron chi connectivity index (χ1n) is 6.73. The van der Waals surface area contributed by atoms with Gasteiger partial charge in [0, 0.05) is 44.5 Å². The van der Waals surface area contributed by atoms with Gasteiger partial charge in [0.15, 0.2) is 0 Å². The van der Waals surface area contributed by atoms with Gasteiger partial charge in [-0.25, -0.2) is 15.0 Å². The lowest BCUT2D eigenvalue weighted by Crippen LogP contribution is -2.29. The molecule has 2 aromatic rings. The molecular formula is C13H15F3N6. The minimum absolute atomic E-state index is 0.0451. The van der Waals surface area contributed by atoms with Gasteiger partial charge in [-0.2, -0.15) is 13.2 Å². The molecule has 6 nitrogen and oxygen atoms in total. The number of hydrogen-bond donors (Lipinski definition) is 1. The van der Waals surface area contributed by atoms with Crippen LogP contribution in [0.15, 0.2) is 24.8 Å². The fraction of sp³-hybridized carbons (Fsp3) is 0.462. The van der Waals surface area contributed by atoms with Gasteiger partial charge in [0.1, 0.15) is 5.69 Å². The molecule has 2 N–H and O–H groups in total. The first-order valence-corrected chi connectivity index (χ1v) is 6.73. The minimum Gasteiger partial charge on any atom is -0.340 e. The van der Waals surface area contributed by atoms with Crippen LogP contribution in [-0.2, 0) is 13.2 Å². The van der Waals surface area contributed by atoms with Crippen molar-refractivity contribution in [1.82, 2.24) is 19.5 Å². The highest BCUT2D eigenvalue weighted by molar-refractivity contribution is 5.36. The molecular weight excluding hydrogens is 297 g/mol. The van der Waals surface area contributed by atoms with Gasteiger partial charge < -0.3 is 15.2 Å². The summed E-state index contributed by atoms with van der Waals surface area (Å²) in [5.41, 5.74) is 5.98. The fourth-order valence-electron chi connectivity index (χ4n) is 2.59. The zero-order valence-corrected chi connectivity index (χ0v) is 11.8. The smallest absolute Gasteiger partial charge is 0.340 e. The van der Waals surface area contributed by atoms with Crippen molar-refractivity contribution in [2.75, 3.05) is 18.0 Å². The number of anilines is 1. The van der Waals surface area contributed by atoms with Gasteiger partial charge in [-0.3, -0.25) is 0 Å². The molecule has 1 aliphatic rings. The van der Waals surface area contributed by atoms with Crippen LogP contribution in [0.3, 0.4) is 0 Å². The number of hydrogen-bond acceptors (Lipinski definition) is 5. The summed E-state index contributed by atoms with van der Waals surface area (Å²) in [4.78, 5) is 13.5. The summed E-state index contributed by atoms with van der Waals surface area (Å²) >= 11 is 0. The molecule has 22 heavy (non-hydrogen) atoms. The standard InChI is InChI=1S/C13H15F3N6/c1-21-6-10(19-7-21)8-4-22(5-9(8)17)12-18-3-2-11(20-12)13(14,15)16/h2-3,6-9H,4-5,17H2,1H3/t8-,9-/m1/s1. The average Bonchev–Trinajstić information content (AvgIpc) is 3.04. The molecule has 0 bridgehead atoms. The quantitative estimate of drug-likeness (QED) is 0.901. The SMILES string of the molecule is Cn1cnc([C@@H]2CN(c3nccc(C(F)(F)F)n3)C[C@H]2N)c1. The molecule has 1 saturated heterocycles. The number of rotatable bonds is 2. The van der Waals surface area contributed by atoms with Crippen LogP contribution in [0, 0.1) is 0 Å². The molecule has 1 aliphatic heterocycles. The zero-order chi connectivity index (χ0) is 15.9. The van der Waals surface area contributed by atoms with Crippen molar-refractivity contribution in [2.45, 2.75) is 18.1 Å². The van der Waals surface area contributed by atoms with E-state index >= 15 is 0 Å². The van der Waals surface area contributed by atoms with Gasteiger partial charge in [-0.15, -0.1) is 0 Å². The van der Waals surface area contributed by atoms with Gasteiger partial charge in [0.2, 0.25) is 5.95 Å². The third kappa shape index (κ3) is 2.76. The van der Waals surface area contributed by atoms with E-state index in [-0.39, 0.29) is 17.9 Å². The Kier molecular flexibility index (Phi) is 3.51. The largest absolute Gasteiger partial charge is 0.433 e. The number of imidazole rings is 1. The number of aromatic nitrogens is 4. The summed E-state index contributed by atoms with van der Waals surface area (Å²) < 4.78 is 40.0. The van der Waals surface area contributed by atoms with Crippen molar-refractivity contribution in [3.8, 4) is 0 Å². The highest BCUT2D eigenvalue weighted by atomic mass is 19.4. The molecule has 2 aromatic heterocycles. The maximum atomic E-state index is 12.7. The van der Waals surface area contributed by atoms with Gasteiger partial charge >= 0.3 is 6.18 Å². The first-order chi connectivity index (χ1) is 10.3. The Bertz CT molecular complexity index is 668. The lowest BCUT2D eigenvalue weighted by atomic mass is 10.0. The molecule has 0 spiro atoms. The van der Waals surface area contributed by atoms with E-state index in [2.05, 4.69) is 15.0 Å². The predicted octanol–water partition coefficient (Wildman–Crippen LogP) is 1.16. The molecule has 2 atom stereocenters. The Morgan fingerprint density at radius 3 is 2.68 bits per heavy atom. The van der Waals surface area contributed by atoms with E-state index in [1.807, 2.05) is 17.8 Å². The van der Waals surface area contributed by atoms with Gasteiger partial charge in [-0.1, -0.05) is 0 Å². The van der Waals surface area contributed by atoms with Crippen molar-refractivity contribution >= 4 is 5.95 Å². The van der Waals surface area contributed by atoms with Gasteiger partial charge in [0.25, 0.3) is 0 Å². The summed E-state index contributed by atoms with van der Waals surface area (Å²) in [7, 11) is 1.85. The van der Waals surface area contributed by atoms with Crippen LogP contribution >= 0.6 is 0 Å². The van der Waals surface area contributed by atoms with Crippen LogP contribution in [0.25, 0.3) is 0 Å². The second-order valence-electron chi connectivity index (χ2n) is 5.38. The summed E-state index contributed by atoms with van der Waals surface area (Å²) in [6.07, 6.45) is 0.164. The monoisotopic (exact) mass is 312 g/mol. The van der Waals surface area contributed by atoms with E-state index in [0.717, 1.165) is 18.0 Å². The molecule has 1 fully saturated rings. The van der Waals surface area contributed by atoms with Crippen LogP contribution in [0.5, 0.6) is 0 Å². The normalized spacial score (nSPS) is 22.3. The third-order valence-electron chi connectivity index (χ3n) is 3.69. The molecule has 0 amide bonds. The summed E-state index contributed by atoms with van der Waals surface area (Å²) in [5.74, 6) is -0.0111. The van der Waals surface area contributed by atoms with Crippen LogP contribution in [0.2, 0.25) is 0 Å². The van der Waals surface area contributed by atoms with Crippen molar-refractivity contribution in [3.63, 3.8) is 0 Å². The van der Waals surface area contributed by atoms with E-state index in [1.54, 1.807) is 11.2 Å². The third-order valence-corrected chi connectivity index (χ3v) is 3.69. The second-order valence-corrected chi connectivity index (χ2v) is 5.38. The Labute approximate surface area is 124 Å². The fourth-order valence-corrected chi connectivity index (χ4v) is 2.59. The van der Waals surface area contributed by atoms with E-state index in [4.69, 9.17) is 5.73 Å². The summed E-state index contributed by atoms with van der Waals surface area (Å²) in [6, 6.07) is 0.628.